The standard InChI is InChI=1S/C6H7NS.Na.H/c7-5-2-1-3-6(8)4-5;;/h1-4,8H,7H2;;. The molecule has 2 N–H and O–H groups in total. The first-order chi connectivity index (χ1) is 3.79. The van der Waals surface area contributed by atoms with Gasteiger partial charge < -0.3 is 5.73 Å². The monoisotopic (exact) mass is 149 g/mol. The van der Waals surface area contributed by atoms with Crippen LogP contribution in [0.1, 0.15) is 0 Å². The van der Waals surface area contributed by atoms with Gasteiger partial charge in [0.1, 0.15) is 0 Å². The molecule has 0 saturated carbocycles. The molecule has 1 rings (SSSR count). The summed E-state index contributed by atoms with van der Waals surface area (Å²) < 4.78 is 0. The molecule has 0 atom stereocenters. The van der Waals surface area contributed by atoms with Crippen molar-refractivity contribution in [2.45, 2.75) is 4.90 Å². The first-order valence-electron chi connectivity index (χ1n) is 2.33. The Morgan fingerprint density at radius 1 is 1.33 bits per heavy atom. The average Bonchev–Trinajstić information content (AvgIpc) is 1.64. The zero-order valence-electron chi connectivity index (χ0n) is 4.33. The van der Waals surface area contributed by atoms with E-state index in [0.717, 1.165) is 10.6 Å². The second-order valence-corrected chi connectivity index (χ2v) is 2.11. The molecule has 0 saturated heterocycles. The molecular formula is C6H8NNaS. The third kappa shape index (κ3) is 3.16. The molecule has 0 fully saturated rings. The Morgan fingerprint density at radius 2 is 2.00 bits per heavy atom. The van der Waals surface area contributed by atoms with Crippen molar-refractivity contribution in [3.63, 3.8) is 0 Å². The number of thiol groups is 1. The fraction of sp³-hybridized carbons (Fsp3) is 0. The van der Waals surface area contributed by atoms with Gasteiger partial charge in [0.25, 0.3) is 0 Å². The van der Waals surface area contributed by atoms with Gasteiger partial charge in [-0.3, -0.25) is 0 Å². The topological polar surface area (TPSA) is 26.0 Å². The van der Waals surface area contributed by atoms with E-state index in [1.807, 2.05) is 24.3 Å². The summed E-state index contributed by atoms with van der Waals surface area (Å²) in [6.07, 6.45) is 0. The second-order valence-electron chi connectivity index (χ2n) is 1.59. The predicted molar refractivity (Wildman–Crippen MR) is 45.3 cm³/mol. The minimum atomic E-state index is 0. The summed E-state index contributed by atoms with van der Waals surface area (Å²) in [7, 11) is 0. The summed E-state index contributed by atoms with van der Waals surface area (Å²) in [5.74, 6) is 0. The summed E-state index contributed by atoms with van der Waals surface area (Å²) in [5, 5.41) is 0. The zero-order chi connectivity index (χ0) is 5.98. The van der Waals surface area contributed by atoms with E-state index in [4.69, 9.17) is 5.73 Å². The van der Waals surface area contributed by atoms with Crippen molar-refractivity contribution in [1.29, 1.82) is 0 Å². The van der Waals surface area contributed by atoms with Gasteiger partial charge in [-0.2, -0.15) is 0 Å². The third-order valence-corrected chi connectivity index (χ3v) is 1.15. The van der Waals surface area contributed by atoms with Gasteiger partial charge in [0.2, 0.25) is 0 Å². The molecule has 0 spiro atoms. The molecular weight excluding hydrogens is 141 g/mol. The van der Waals surface area contributed by atoms with Crippen LogP contribution in [0.3, 0.4) is 0 Å². The maximum absolute atomic E-state index is 5.41. The summed E-state index contributed by atoms with van der Waals surface area (Å²) in [6.45, 7) is 0. The van der Waals surface area contributed by atoms with Crippen molar-refractivity contribution in [2.24, 2.45) is 0 Å². The van der Waals surface area contributed by atoms with E-state index in [9.17, 15) is 0 Å². The van der Waals surface area contributed by atoms with Crippen LogP contribution in [0.4, 0.5) is 5.69 Å². The summed E-state index contributed by atoms with van der Waals surface area (Å²) in [5.41, 5.74) is 6.17. The summed E-state index contributed by atoms with van der Waals surface area (Å²) >= 11 is 4.07. The molecule has 0 aliphatic carbocycles. The van der Waals surface area contributed by atoms with Crippen LogP contribution in [0.25, 0.3) is 0 Å². The minimum absolute atomic E-state index is 0. The van der Waals surface area contributed by atoms with Crippen molar-refractivity contribution in [1.82, 2.24) is 0 Å². The van der Waals surface area contributed by atoms with Gasteiger partial charge in [-0.25, -0.2) is 0 Å². The van der Waals surface area contributed by atoms with Gasteiger partial charge in [0.05, 0.1) is 0 Å². The van der Waals surface area contributed by atoms with Crippen molar-refractivity contribution in [3.8, 4) is 0 Å². The SMILES string of the molecule is Nc1cccc(S)c1.[NaH]. The number of nitrogens with two attached hydrogens (primary N) is 1. The quantitative estimate of drug-likeness (QED) is 0.320. The zero-order valence-corrected chi connectivity index (χ0v) is 5.23. The first-order valence-corrected chi connectivity index (χ1v) is 2.78. The van der Waals surface area contributed by atoms with Gasteiger partial charge in [-0.1, -0.05) is 6.07 Å². The van der Waals surface area contributed by atoms with E-state index in [1.54, 1.807) is 0 Å². The number of hydrogen-bond donors (Lipinski definition) is 2. The van der Waals surface area contributed by atoms with Crippen LogP contribution < -0.4 is 5.73 Å². The number of hydrogen-bond acceptors (Lipinski definition) is 2. The number of anilines is 1. The van der Waals surface area contributed by atoms with Crippen LogP contribution in [-0.4, -0.2) is 29.6 Å². The molecule has 44 valence electrons. The molecule has 0 unspecified atom stereocenters. The van der Waals surface area contributed by atoms with Crippen LogP contribution in [0, 0.1) is 0 Å². The Morgan fingerprint density at radius 3 is 2.33 bits per heavy atom. The van der Waals surface area contributed by atoms with Gasteiger partial charge in [0.15, 0.2) is 0 Å². The molecule has 0 heterocycles. The molecule has 0 aliphatic heterocycles. The van der Waals surface area contributed by atoms with Gasteiger partial charge in [0, 0.05) is 10.6 Å². The van der Waals surface area contributed by atoms with Crippen molar-refractivity contribution >= 4 is 47.9 Å². The average molecular weight is 149 g/mol. The van der Waals surface area contributed by atoms with Gasteiger partial charge in [-0.05, 0) is 18.2 Å². The Kier molecular flexibility index (Phi) is 4.40. The molecule has 9 heavy (non-hydrogen) atoms. The van der Waals surface area contributed by atoms with Crippen LogP contribution in [-0.2, 0) is 0 Å². The van der Waals surface area contributed by atoms with Crippen LogP contribution in [0.5, 0.6) is 0 Å². The van der Waals surface area contributed by atoms with E-state index in [0.29, 0.717) is 0 Å². The van der Waals surface area contributed by atoms with Crippen molar-refractivity contribution in [2.75, 3.05) is 5.73 Å². The van der Waals surface area contributed by atoms with Crippen LogP contribution in [0.2, 0.25) is 0 Å². The molecule has 0 bridgehead atoms. The van der Waals surface area contributed by atoms with E-state index >= 15 is 0 Å². The normalized spacial score (nSPS) is 8.11. The Bertz CT molecular complexity index is 173. The number of nitrogen functional groups attached to an aromatic ring is 1. The Labute approximate surface area is 82.3 Å². The predicted octanol–water partition coefficient (Wildman–Crippen LogP) is 0.909. The molecule has 0 amide bonds. The van der Waals surface area contributed by atoms with Crippen molar-refractivity contribution < 1.29 is 0 Å². The van der Waals surface area contributed by atoms with E-state index in [2.05, 4.69) is 12.6 Å². The molecule has 0 radical (unpaired) electrons. The van der Waals surface area contributed by atoms with Gasteiger partial charge >= 0.3 is 29.6 Å². The van der Waals surface area contributed by atoms with Crippen LogP contribution in [0.15, 0.2) is 29.2 Å². The fourth-order valence-electron chi connectivity index (χ4n) is 0.525. The molecule has 1 nitrogen and oxygen atoms in total. The first kappa shape index (κ1) is 9.37. The molecule has 1 aromatic rings. The summed E-state index contributed by atoms with van der Waals surface area (Å²) in [4.78, 5) is 0.907. The van der Waals surface area contributed by atoms with E-state index < -0.39 is 0 Å². The summed E-state index contributed by atoms with van der Waals surface area (Å²) in [6, 6.07) is 7.40. The fourth-order valence-corrected chi connectivity index (χ4v) is 0.760. The molecule has 3 heteroatoms. The number of rotatable bonds is 0. The van der Waals surface area contributed by atoms with E-state index in [1.165, 1.54) is 0 Å². The molecule has 0 aliphatic rings. The maximum atomic E-state index is 5.41. The third-order valence-electron chi connectivity index (χ3n) is 0.870. The molecule has 0 aromatic heterocycles. The van der Waals surface area contributed by atoms with Gasteiger partial charge in [-0.15, -0.1) is 12.6 Å². The second kappa shape index (κ2) is 4.23. The molecule has 1 aromatic carbocycles. The van der Waals surface area contributed by atoms with Crippen molar-refractivity contribution in [3.05, 3.63) is 24.3 Å². The number of benzene rings is 1. The Balaban J connectivity index is 0.000000640. The van der Waals surface area contributed by atoms with E-state index in [-0.39, 0.29) is 29.6 Å². The Hall–Kier alpha value is 0.370. The van der Waals surface area contributed by atoms with Crippen LogP contribution >= 0.6 is 12.6 Å².